The number of nitrogens with one attached hydrogen (secondary N) is 2. The van der Waals surface area contributed by atoms with Crippen LogP contribution in [0.2, 0.25) is 0 Å². The highest BCUT2D eigenvalue weighted by atomic mass is 19.4. The van der Waals surface area contributed by atoms with Crippen LogP contribution in [0.15, 0.2) is 30.7 Å². The fourth-order valence-electron chi connectivity index (χ4n) is 6.03. The number of hydrogen-bond donors (Lipinski definition) is 2. The van der Waals surface area contributed by atoms with E-state index in [2.05, 4.69) is 20.5 Å². The number of imidazole rings is 1. The van der Waals surface area contributed by atoms with Gasteiger partial charge in [0.2, 0.25) is 5.92 Å². The summed E-state index contributed by atoms with van der Waals surface area (Å²) in [5, 5.41) is 13.6. The maximum absolute atomic E-state index is 14.1. The second kappa shape index (κ2) is 13.9. The number of nitrogens with zero attached hydrogens (tertiary/aromatic N) is 6. The van der Waals surface area contributed by atoms with Gasteiger partial charge in [0, 0.05) is 52.0 Å². The fraction of sp³-hybridized carbons (Fsp3) is 0.621. The predicted molar refractivity (Wildman–Crippen MR) is 153 cm³/mol. The molecular weight excluding hydrogens is 619 g/mol. The largest absolute Gasteiger partial charge is 0.410 e. The number of alkyl halides is 5. The monoisotopic (exact) mass is 656 g/mol. The number of halogens is 5. The summed E-state index contributed by atoms with van der Waals surface area (Å²) >= 11 is 0. The van der Waals surface area contributed by atoms with Gasteiger partial charge in [-0.2, -0.15) is 23.4 Å². The Morgan fingerprint density at radius 3 is 2.61 bits per heavy atom. The molecule has 2 fully saturated rings. The lowest BCUT2D eigenvalue weighted by Gasteiger charge is -2.33. The molecule has 0 unspecified atom stereocenters. The number of carbonyl (C=O) groups is 2. The van der Waals surface area contributed by atoms with Gasteiger partial charge in [0.15, 0.2) is 5.65 Å². The van der Waals surface area contributed by atoms with Gasteiger partial charge in [-0.25, -0.2) is 23.1 Å². The summed E-state index contributed by atoms with van der Waals surface area (Å²) in [5.74, 6) is -3.57. The van der Waals surface area contributed by atoms with Gasteiger partial charge in [-0.1, -0.05) is 0 Å². The van der Waals surface area contributed by atoms with E-state index in [9.17, 15) is 31.5 Å². The number of amides is 3. The smallest absolute Gasteiger partial charge is 0.385 e. The summed E-state index contributed by atoms with van der Waals surface area (Å²) < 4.78 is 81.6. The molecule has 1 aliphatic heterocycles. The number of urea groups is 1. The summed E-state index contributed by atoms with van der Waals surface area (Å²) in [5.41, 5.74) is 1.39. The van der Waals surface area contributed by atoms with Crippen molar-refractivity contribution in [1.82, 2.24) is 39.9 Å². The molecule has 3 atom stereocenters. The molecule has 3 aromatic rings. The Labute approximate surface area is 261 Å². The highest BCUT2D eigenvalue weighted by Gasteiger charge is 2.48. The lowest BCUT2D eigenvalue weighted by atomic mass is 9.81. The summed E-state index contributed by atoms with van der Waals surface area (Å²) in [6.45, 7) is 0.358. The normalized spacial score (nSPS) is 20.2. The Hall–Kier alpha value is -3.86. The fourth-order valence-corrected chi connectivity index (χ4v) is 6.03. The average molecular weight is 657 g/mol. The molecule has 0 spiro atoms. The van der Waals surface area contributed by atoms with E-state index < -0.39 is 48.7 Å². The van der Waals surface area contributed by atoms with Crippen LogP contribution in [0.5, 0.6) is 0 Å². The van der Waals surface area contributed by atoms with Crippen LogP contribution in [0, 0.1) is 5.92 Å². The van der Waals surface area contributed by atoms with Crippen LogP contribution in [0.1, 0.15) is 72.4 Å². The van der Waals surface area contributed by atoms with E-state index in [4.69, 9.17) is 9.47 Å². The molecule has 4 heterocycles. The lowest BCUT2D eigenvalue weighted by molar-refractivity contribution is -0.150. The maximum Gasteiger partial charge on any atom is 0.410 e. The Morgan fingerprint density at radius 1 is 1.17 bits per heavy atom. The quantitative estimate of drug-likeness (QED) is 0.208. The average Bonchev–Trinajstić information content (AvgIpc) is 3.75. The second-order valence-electron chi connectivity index (χ2n) is 11.7. The molecule has 2 aliphatic rings. The van der Waals surface area contributed by atoms with Crippen LogP contribution in [0.4, 0.5) is 26.7 Å². The van der Waals surface area contributed by atoms with E-state index in [0.717, 1.165) is 17.7 Å². The molecule has 3 amide bonds. The standard InChI is InChI=1S/C29H37F5N8O4/c1-45-12-4-3-11-41-21(7-10-35-41)26(43)39-25(18-5-8-28(30,31)9-6-18)20-15-42-24(37-20)13-19(14-36-42)22(17-46-2)40-16-23(29(32,33)34)38-27(40)44/h7,10,13-15,18,22-23,25H,3-6,8-9,11-12,16-17H2,1-2H3,(H,38,44)(H,39,43)/t22-,23+,25+/m1/s1. The van der Waals surface area contributed by atoms with Crippen LogP contribution in [0.3, 0.4) is 0 Å². The number of carbonyl (C=O) groups excluding carboxylic acids is 2. The van der Waals surface area contributed by atoms with Crippen molar-refractivity contribution in [2.24, 2.45) is 5.92 Å². The van der Waals surface area contributed by atoms with Crippen LogP contribution in [0.25, 0.3) is 5.65 Å². The van der Waals surface area contributed by atoms with Crippen molar-refractivity contribution in [3.05, 3.63) is 47.7 Å². The molecule has 1 saturated heterocycles. The summed E-state index contributed by atoms with van der Waals surface area (Å²) in [6, 6.07) is -1.38. The van der Waals surface area contributed by atoms with E-state index in [1.54, 1.807) is 30.1 Å². The molecule has 46 heavy (non-hydrogen) atoms. The van der Waals surface area contributed by atoms with Crippen LogP contribution >= 0.6 is 0 Å². The molecule has 12 nitrogen and oxygen atoms in total. The van der Waals surface area contributed by atoms with Crippen molar-refractivity contribution < 1.29 is 41.0 Å². The minimum atomic E-state index is -4.62. The minimum Gasteiger partial charge on any atom is -0.385 e. The first-order valence-electron chi connectivity index (χ1n) is 15.1. The van der Waals surface area contributed by atoms with Gasteiger partial charge in [0.25, 0.3) is 5.91 Å². The first kappa shape index (κ1) is 33.5. The minimum absolute atomic E-state index is 0.0997. The second-order valence-corrected chi connectivity index (χ2v) is 11.7. The van der Waals surface area contributed by atoms with Crippen molar-refractivity contribution in [2.45, 2.75) is 75.3 Å². The molecule has 17 heteroatoms. The van der Waals surface area contributed by atoms with E-state index in [1.807, 2.05) is 5.32 Å². The summed E-state index contributed by atoms with van der Waals surface area (Å²) in [6.07, 6.45) is 1.07. The van der Waals surface area contributed by atoms with E-state index in [-0.39, 0.29) is 38.2 Å². The summed E-state index contributed by atoms with van der Waals surface area (Å²) in [4.78, 5) is 31.8. The van der Waals surface area contributed by atoms with Gasteiger partial charge in [-0.3, -0.25) is 9.48 Å². The van der Waals surface area contributed by atoms with Crippen molar-refractivity contribution in [3.8, 4) is 0 Å². The van der Waals surface area contributed by atoms with Crippen molar-refractivity contribution in [2.75, 3.05) is 34.0 Å². The zero-order chi connectivity index (χ0) is 33.1. The van der Waals surface area contributed by atoms with Crippen LogP contribution < -0.4 is 10.6 Å². The first-order chi connectivity index (χ1) is 21.9. The molecule has 0 radical (unpaired) electrons. The number of rotatable bonds is 13. The molecule has 0 aromatic carbocycles. The summed E-state index contributed by atoms with van der Waals surface area (Å²) in [7, 11) is 2.98. The Morgan fingerprint density at radius 2 is 1.93 bits per heavy atom. The molecule has 0 bridgehead atoms. The van der Waals surface area contributed by atoms with Crippen molar-refractivity contribution in [3.63, 3.8) is 0 Å². The van der Waals surface area contributed by atoms with Gasteiger partial charge < -0.3 is 25.0 Å². The zero-order valence-corrected chi connectivity index (χ0v) is 25.5. The van der Waals surface area contributed by atoms with Gasteiger partial charge in [-0.05, 0) is 43.7 Å². The number of unbranched alkanes of at least 4 members (excludes halogenated alkanes) is 1. The molecule has 3 aromatic heterocycles. The lowest BCUT2D eigenvalue weighted by Crippen LogP contribution is -2.40. The molecular formula is C29H37F5N8O4. The maximum atomic E-state index is 14.1. The van der Waals surface area contributed by atoms with Gasteiger partial charge in [0.05, 0.1) is 43.3 Å². The molecule has 2 N–H and O–H groups in total. The number of hydrogen-bond acceptors (Lipinski definition) is 7. The Bertz CT molecular complexity index is 1500. The Kier molecular flexibility index (Phi) is 10.1. The molecule has 5 rings (SSSR count). The Balaban J connectivity index is 1.41. The van der Waals surface area contributed by atoms with E-state index in [1.165, 1.54) is 24.0 Å². The highest BCUT2D eigenvalue weighted by Crippen LogP contribution is 2.41. The van der Waals surface area contributed by atoms with Gasteiger partial charge in [-0.15, -0.1) is 0 Å². The third-order valence-corrected chi connectivity index (χ3v) is 8.53. The van der Waals surface area contributed by atoms with Gasteiger partial charge in [0.1, 0.15) is 11.7 Å². The zero-order valence-electron chi connectivity index (χ0n) is 25.5. The third kappa shape index (κ3) is 7.57. The first-order valence-corrected chi connectivity index (χ1v) is 15.1. The molecule has 1 aliphatic carbocycles. The van der Waals surface area contributed by atoms with Crippen LogP contribution in [-0.4, -0.2) is 93.3 Å². The SMILES string of the molecule is COCCCCn1nccc1C(=O)N[C@H](c1cn2ncc([C@@H](COC)N3C[C@@H](C(F)(F)F)NC3=O)cc2n1)C1CCC(F)(F)CC1. The van der Waals surface area contributed by atoms with Gasteiger partial charge >= 0.3 is 12.2 Å². The van der Waals surface area contributed by atoms with Crippen LogP contribution in [-0.2, 0) is 16.0 Å². The highest BCUT2D eigenvalue weighted by molar-refractivity contribution is 5.92. The third-order valence-electron chi connectivity index (χ3n) is 8.53. The van der Waals surface area contributed by atoms with E-state index >= 15 is 0 Å². The topological polar surface area (TPSA) is 128 Å². The number of ether oxygens (including phenoxy) is 2. The number of fused-ring (bicyclic) bond motifs is 1. The molecule has 1 saturated carbocycles. The number of aromatic nitrogens is 5. The van der Waals surface area contributed by atoms with E-state index in [0.29, 0.717) is 35.8 Å². The number of methoxy groups -OCH3 is 2. The van der Waals surface area contributed by atoms with Crippen molar-refractivity contribution >= 4 is 17.6 Å². The molecule has 252 valence electrons. The number of aryl methyl sites for hydroxylation is 1. The predicted octanol–water partition coefficient (Wildman–Crippen LogP) is 4.29. The van der Waals surface area contributed by atoms with Crippen molar-refractivity contribution in [1.29, 1.82) is 0 Å².